The van der Waals surface area contributed by atoms with Crippen molar-refractivity contribution in [2.75, 3.05) is 22.6 Å². The van der Waals surface area contributed by atoms with Gasteiger partial charge in [-0.25, -0.2) is 0 Å². The Bertz CT molecular complexity index is 479. The van der Waals surface area contributed by atoms with Crippen LogP contribution in [0.25, 0.3) is 0 Å². The number of anilines is 2. The minimum absolute atomic E-state index is 0.106. The van der Waals surface area contributed by atoms with E-state index < -0.39 is 10.8 Å². The molecule has 17 heavy (non-hydrogen) atoms. The number of hydrogen-bond acceptors (Lipinski definition) is 3. The Morgan fingerprint density at radius 2 is 2.24 bits per heavy atom. The number of nitrogens with one attached hydrogen (secondary N) is 2. The molecule has 92 valence electrons. The highest BCUT2D eigenvalue weighted by Gasteiger charge is 2.26. The number of amides is 1. The van der Waals surface area contributed by atoms with Gasteiger partial charge in [0.1, 0.15) is 6.04 Å². The summed E-state index contributed by atoms with van der Waals surface area (Å²) in [6.45, 7) is 0. The van der Waals surface area contributed by atoms with Crippen molar-refractivity contribution in [1.82, 2.24) is 0 Å². The first-order valence-corrected chi connectivity index (χ1v) is 7.34. The van der Waals surface area contributed by atoms with Gasteiger partial charge in [0.05, 0.1) is 16.4 Å². The summed E-state index contributed by atoms with van der Waals surface area (Å²) in [5.74, 6) is 0.385. The molecule has 0 radical (unpaired) electrons. The summed E-state index contributed by atoms with van der Waals surface area (Å²) < 4.78 is 11.0. The van der Waals surface area contributed by atoms with Gasteiger partial charge in [-0.15, -0.1) is 0 Å². The lowest BCUT2D eigenvalue weighted by Gasteiger charge is -2.27. The summed E-state index contributed by atoms with van der Waals surface area (Å²) in [6.07, 6.45) is 2.15. The number of rotatable bonds is 3. The monoisotopic (exact) mass is 272 g/mol. The van der Waals surface area contributed by atoms with Gasteiger partial charge in [-0.05, 0) is 18.6 Å². The number of fused-ring (bicyclic) bond motifs is 1. The van der Waals surface area contributed by atoms with Gasteiger partial charge in [0.2, 0.25) is 5.91 Å². The molecule has 0 bridgehead atoms. The van der Waals surface area contributed by atoms with Gasteiger partial charge in [0.15, 0.2) is 0 Å². The summed E-state index contributed by atoms with van der Waals surface area (Å²) in [4.78, 5) is 11.8. The number of carbonyl (C=O) groups is 1. The zero-order chi connectivity index (χ0) is 12.4. The average molecular weight is 273 g/mol. The van der Waals surface area contributed by atoms with E-state index >= 15 is 0 Å². The van der Waals surface area contributed by atoms with Gasteiger partial charge >= 0.3 is 0 Å². The van der Waals surface area contributed by atoms with Crippen molar-refractivity contribution in [3.8, 4) is 0 Å². The highest BCUT2D eigenvalue weighted by Crippen LogP contribution is 2.33. The van der Waals surface area contributed by atoms with E-state index in [2.05, 4.69) is 10.6 Å². The molecule has 1 aromatic carbocycles. The minimum atomic E-state index is -0.898. The quantitative estimate of drug-likeness (QED) is 0.883. The third kappa shape index (κ3) is 2.79. The van der Waals surface area contributed by atoms with Crippen molar-refractivity contribution in [1.29, 1.82) is 0 Å². The highest BCUT2D eigenvalue weighted by atomic mass is 35.5. The predicted molar refractivity (Wildman–Crippen MR) is 71.0 cm³/mol. The SMILES string of the molecule is CS(=O)CCC1Nc2c(Cl)cccc2NC1=O. The number of benzene rings is 1. The first-order chi connectivity index (χ1) is 8.08. The largest absolute Gasteiger partial charge is 0.371 e. The van der Waals surface area contributed by atoms with Crippen LogP contribution >= 0.6 is 11.6 Å². The standard InChI is InChI=1S/C11H13ClN2O2S/c1-17(16)6-5-9-11(15)14-8-4-2-3-7(12)10(8)13-9/h2-4,9,13H,5-6H2,1H3,(H,14,15). The zero-order valence-electron chi connectivity index (χ0n) is 9.33. The molecule has 2 rings (SSSR count). The minimum Gasteiger partial charge on any atom is -0.371 e. The van der Waals surface area contributed by atoms with E-state index in [1.807, 2.05) is 0 Å². The van der Waals surface area contributed by atoms with Crippen LogP contribution in [-0.4, -0.2) is 28.2 Å². The molecule has 1 aromatic rings. The van der Waals surface area contributed by atoms with Gasteiger partial charge in [-0.1, -0.05) is 17.7 Å². The molecule has 0 aromatic heterocycles. The van der Waals surface area contributed by atoms with Crippen molar-refractivity contribution in [3.05, 3.63) is 23.2 Å². The molecule has 1 heterocycles. The Hall–Kier alpha value is -1.07. The summed E-state index contributed by atoms with van der Waals surface area (Å²) in [7, 11) is -0.898. The van der Waals surface area contributed by atoms with E-state index in [1.165, 1.54) is 0 Å². The Balaban J connectivity index is 2.17. The van der Waals surface area contributed by atoms with Crippen LogP contribution < -0.4 is 10.6 Å². The molecule has 1 aliphatic heterocycles. The molecule has 1 aliphatic rings. The van der Waals surface area contributed by atoms with E-state index in [9.17, 15) is 9.00 Å². The van der Waals surface area contributed by atoms with E-state index in [1.54, 1.807) is 24.5 Å². The average Bonchev–Trinajstić information content (AvgIpc) is 2.27. The molecule has 0 fully saturated rings. The summed E-state index contributed by atoms with van der Waals surface area (Å²) in [6, 6.07) is 4.97. The maximum atomic E-state index is 11.8. The molecule has 0 saturated carbocycles. The number of hydrogen-bond donors (Lipinski definition) is 2. The van der Waals surface area contributed by atoms with Gasteiger partial charge < -0.3 is 10.6 Å². The predicted octanol–water partition coefficient (Wildman–Crippen LogP) is 1.84. The first-order valence-electron chi connectivity index (χ1n) is 5.24. The van der Waals surface area contributed by atoms with Crippen LogP contribution in [0.5, 0.6) is 0 Å². The second-order valence-corrected chi connectivity index (χ2v) is 5.88. The van der Waals surface area contributed by atoms with Crippen LogP contribution in [0.15, 0.2) is 18.2 Å². The maximum Gasteiger partial charge on any atom is 0.246 e. The molecule has 2 N–H and O–H groups in total. The third-order valence-electron chi connectivity index (χ3n) is 2.60. The Kier molecular flexibility index (Phi) is 3.69. The lowest BCUT2D eigenvalue weighted by molar-refractivity contribution is -0.117. The fourth-order valence-corrected chi connectivity index (χ4v) is 2.52. The van der Waals surface area contributed by atoms with Crippen LogP contribution in [0.1, 0.15) is 6.42 Å². The van der Waals surface area contributed by atoms with E-state index in [-0.39, 0.29) is 11.9 Å². The molecule has 6 heteroatoms. The third-order valence-corrected chi connectivity index (χ3v) is 3.73. The lowest BCUT2D eigenvalue weighted by Crippen LogP contribution is -2.39. The summed E-state index contributed by atoms with van der Waals surface area (Å²) >= 11 is 6.04. The number of halogens is 1. The van der Waals surface area contributed by atoms with E-state index in [0.29, 0.717) is 22.9 Å². The molecule has 0 saturated heterocycles. The van der Waals surface area contributed by atoms with Crippen LogP contribution in [-0.2, 0) is 15.6 Å². The van der Waals surface area contributed by atoms with Crippen LogP contribution in [0.4, 0.5) is 11.4 Å². The normalized spacial score (nSPS) is 20.1. The van der Waals surface area contributed by atoms with Crippen LogP contribution in [0.3, 0.4) is 0 Å². The van der Waals surface area contributed by atoms with Crippen molar-refractivity contribution in [2.24, 2.45) is 0 Å². The first kappa shape index (κ1) is 12.4. The van der Waals surface area contributed by atoms with Gasteiger partial charge in [-0.3, -0.25) is 9.00 Å². The van der Waals surface area contributed by atoms with Gasteiger partial charge in [-0.2, -0.15) is 0 Å². The second kappa shape index (κ2) is 5.06. The van der Waals surface area contributed by atoms with Crippen molar-refractivity contribution in [2.45, 2.75) is 12.5 Å². The van der Waals surface area contributed by atoms with Crippen molar-refractivity contribution >= 4 is 39.7 Å². The Labute approximate surface area is 107 Å². The number of para-hydroxylation sites is 1. The van der Waals surface area contributed by atoms with Crippen molar-refractivity contribution < 1.29 is 9.00 Å². The second-order valence-electron chi connectivity index (χ2n) is 3.91. The topological polar surface area (TPSA) is 58.2 Å². The molecule has 2 atom stereocenters. The molecule has 0 spiro atoms. The molecule has 4 nitrogen and oxygen atoms in total. The maximum absolute atomic E-state index is 11.8. The van der Waals surface area contributed by atoms with Crippen LogP contribution in [0.2, 0.25) is 5.02 Å². The fraction of sp³-hybridized carbons (Fsp3) is 0.364. The van der Waals surface area contributed by atoms with Gasteiger partial charge in [0.25, 0.3) is 0 Å². The summed E-state index contributed by atoms with van der Waals surface area (Å²) in [5.41, 5.74) is 1.43. The molecular weight excluding hydrogens is 260 g/mol. The summed E-state index contributed by atoms with van der Waals surface area (Å²) in [5, 5.41) is 6.46. The fourth-order valence-electron chi connectivity index (χ4n) is 1.72. The molecule has 0 aliphatic carbocycles. The van der Waals surface area contributed by atoms with E-state index in [4.69, 9.17) is 11.6 Å². The lowest BCUT2D eigenvalue weighted by atomic mass is 10.1. The van der Waals surface area contributed by atoms with Crippen LogP contribution in [0, 0.1) is 0 Å². The number of carbonyl (C=O) groups excluding carboxylic acids is 1. The van der Waals surface area contributed by atoms with Gasteiger partial charge in [0, 0.05) is 22.8 Å². The Morgan fingerprint density at radius 1 is 1.47 bits per heavy atom. The Morgan fingerprint density at radius 3 is 2.94 bits per heavy atom. The van der Waals surface area contributed by atoms with Crippen molar-refractivity contribution in [3.63, 3.8) is 0 Å². The molecule has 2 unspecified atom stereocenters. The molecule has 1 amide bonds. The zero-order valence-corrected chi connectivity index (χ0v) is 10.9. The molecular formula is C11H13ClN2O2S. The highest BCUT2D eigenvalue weighted by molar-refractivity contribution is 7.84. The van der Waals surface area contributed by atoms with E-state index in [0.717, 1.165) is 5.69 Å². The smallest absolute Gasteiger partial charge is 0.246 e.